The largest absolute Gasteiger partial charge is 0.438 e. The van der Waals surface area contributed by atoms with Crippen molar-refractivity contribution in [3.8, 4) is 11.6 Å². The Bertz CT molecular complexity index is 831. The molecule has 2 amide bonds. The molecule has 2 aromatic carbocycles. The average molecular weight is 294 g/mol. The fourth-order valence-electron chi connectivity index (χ4n) is 2.10. The lowest BCUT2D eigenvalue weighted by Crippen LogP contribution is -2.19. The molecule has 0 fully saturated rings. The minimum atomic E-state index is -0.611. The molecule has 0 unspecified atom stereocenters. The van der Waals surface area contributed by atoms with Crippen molar-refractivity contribution in [3.05, 3.63) is 54.7 Å². The van der Waals surface area contributed by atoms with Gasteiger partial charge in [-0.1, -0.05) is 6.07 Å². The van der Waals surface area contributed by atoms with Gasteiger partial charge in [-0.3, -0.25) is 0 Å². The van der Waals surface area contributed by atoms with Crippen molar-refractivity contribution in [1.82, 2.24) is 4.98 Å². The normalized spacial score (nSPS) is 10.4. The van der Waals surface area contributed by atoms with Gasteiger partial charge in [-0.15, -0.1) is 0 Å². The lowest BCUT2D eigenvalue weighted by atomic mass is 10.1. The number of fused-ring (bicyclic) bond motifs is 1. The number of nitrogen functional groups attached to an aromatic ring is 1. The fourth-order valence-corrected chi connectivity index (χ4v) is 2.10. The summed E-state index contributed by atoms with van der Waals surface area (Å²) in [4.78, 5) is 15.0. The van der Waals surface area contributed by atoms with Gasteiger partial charge < -0.3 is 21.5 Å². The molecule has 0 spiro atoms. The van der Waals surface area contributed by atoms with E-state index in [4.69, 9.17) is 16.2 Å². The van der Waals surface area contributed by atoms with Crippen molar-refractivity contribution in [2.24, 2.45) is 5.73 Å². The molecule has 0 atom stereocenters. The van der Waals surface area contributed by atoms with E-state index in [1.54, 1.807) is 30.5 Å². The van der Waals surface area contributed by atoms with E-state index in [1.165, 1.54) is 0 Å². The number of amides is 2. The summed E-state index contributed by atoms with van der Waals surface area (Å²) in [5, 5.41) is 4.31. The van der Waals surface area contributed by atoms with Crippen molar-refractivity contribution >= 4 is 28.2 Å². The summed E-state index contributed by atoms with van der Waals surface area (Å²) in [5.74, 6) is 1.07. The first-order valence-electron chi connectivity index (χ1n) is 6.60. The van der Waals surface area contributed by atoms with Crippen molar-refractivity contribution in [2.45, 2.75) is 0 Å². The zero-order chi connectivity index (χ0) is 15.5. The number of rotatable bonds is 3. The Morgan fingerprint density at radius 2 is 1.86 bits per heavy atom. The number of urea groups is 1. The summed E-state index contributed by atoms with van der Waals surface area (Å²) >= 11 is 0. The maximum atomic E-state index is 10.8. The van der Waals surface area contributed by atoms with Gasteiger partial charge >= 0.3 is 6.03 Å². The van der Waals surface area contributed by atoms with E-state index in [2.05, 4.69) is 10.3 Å². The van der Waals surface area contributed by atoms with Gasteiger partial charge in [-0.05, 0) is 47.9 Å². The summed E-state index contributed by atoms with van der Waals surface area (Å²) in [7, 11) is 0. The van der Waals surface area contributed by atoms with Gasteiger partial charge in [0, 0.05) is 23.0 Å². The Kier molecular flexibility index (Phi) is 3.49. The molecule has 0 aliphatic rings. The van der Waals surface area contributed by atoms with Crippen molar-refractivity contribution in [2.75, 3.05) is 11.1 Å². The third-order valence-corrected chi connectivity index (χ3v) is 3.09. The smallest absolute Gasteiger partial charge is 0.316 e. The number of hydrogen-bond donors (Lipinski definition) is 3. The van der Waals surface area contributed by atoms with Gasteiger partial charge in [-0.25, -0.2) is 9.78 Å². The molecule has 0 aliphatic heterocycles. The summed E-state index contributed by atoms with van der Waals surface area (Å²) < 4.78 is 5.80. The molecule has 5 N–H and O–H groups in total. The minimum absolute atomic E-state index is 0.473. The van der Waals surface area contributed by atoms with Crippen molar-refractivity contribution in [1.29, 1.82) is 0 Å². The molecule has 22 heavy (non-hydrogen) atoms. The van der Waals surface area contributed by atoms with E-state index >= 15 is 0 Å². The quantitative estimate of drug-likeness (QED) is 0.646. The highest BCUT2D eigenvalue weighted by atomic mass is 16.5. The van der Waals surface area contributed by atoms with Crippen LogP contribution in [0.1, 0.15) is 0 Å². The number of primary amides is 1. The zero-order valence-electron chi connectivity index (χ0n) is 11.6. The van der Waals surface area contributed by atoms with E-state index in [9.17, 15) is 4.79 Å². The van der Waals surface area contributed by atoms with Gasteiger partial charge in [0.15, 0.2) is 0 Å². The van der Waals surface area contributed by atoms with Crippen LogP contribution in [-0.4, -0.2) is 11.0 Å². The molecular weight excluding hydrogens is 280 g/mol. The molecule has 110 valence electrons. The van der Waals surface area contributed by atoms with Crippen LogP contribution in [0.5, 0.6) is 11.6 Å². The molecule has 0 saturated carbocycles. The lowest BCUT2D eigenvalue weighted by Gasteiger charge is -2.09. The fraction of sp³-hybridized carbons (Fsp3) is 0. The Hall–Kier alpha value is -3.28. The van der Waals surface area contributed by atoms with E-state index in [0.29, 0.717) is 23.0 Å². The van der Waals surface area contributed by atoms with E-state index in [0.717, 1.165) is 10.8 Å². The number of nitrogens with one attached hydrogen (secondary N) is 1. The summed E-state index contributed by atoms with van der Waals surface area (Å²) in [5.41, 5.74) is 12.1. The number of carbonyl (C=O) groups excluding carboxylic acids is 1. The zero-order valence-corrected chi connectivity index (χ0v) is 11.6. The predicted molar refractivity (Wildman–Crippen MR) is 85.9 cm³/mol. The second-order valence-electron chi connectivity index (χ2n) is 4.71. The second kappa shape index (κ2) is 5.61. The molecule has 6 heteroatoms. The Morgan fingerprint density at radius 3 is 2.59 bits per heavy atom. The number of carbonyl (C=O) groups is 1. The van der Waals surface area contributed by atoms with E-state index in [1.807, 2.05) is 24.3 Å². The van der Waals surface area contributed by atoms with Crippen LogP contribution in [0.3, 0.4) is 0 Å². The molecule has 1 aromatic heterocycles. The Balaban J connectivity index is 1.89. The van der Waals surface area contributed by atoms with Crippen LogP contribution >= 0.6 is 0 Å². The van der Waals surface area contributed by atoms with Crippen molar-refractivity contribution < 1.29 is 9.53 Å². The van der Waals surface area contributed by atoms with Gasteiger partial charge in [0.05, 0.1) is 0 Å². The highest BCUT2D eigenvalue weighted by Crippen LogP contribution is 2.29. The van der Waals surface area contributed by atoms with Crippen LogP contribution in [0.15, 0.2) is 54.7 Å². The third kappa shape index (κ3) is 2.90. The second-order valence-corrected chi connectivity index (χ2v) is 4.71. The first-order chi connectivity index (χ1) is 10.6. The SMILES string of the molecule is NC(=O)Nc1ccc(Oc2nccc3ccc(N)cc23)cc1. The standard InChI is InChI=1S/C16H14N4O2/c17-11-2-1-10-7-8-19-15(14(10)9-11)22-13-5-3-12(4-6-13)20-16(18)21/h1-9H,17H2,(H3,18,20,21). The number of nitrogens with two attached hydrogens (primary N) is 2. The lowest BCUT2D eigenvalue weighted by molar-refractivity contribution is 0.259. The minimum Gasteiger partial charge on any atom is -0.438 e. The number of ether oxygens (including phenoxy) is 1. The molecule has 0 bridgehead atoms. The summed E-state index contributed by atoms with van der Waals surface area (Å²) in [6, 6.07) is 13.7. The molecule has 0 radical (unpaired) electrons. The van der Waals surface area contributed by atoms with Crippen LogP contribution in [0.25, 0.3) is 10.8 Å². The highest BCUT2D eigenvalue weighted by Gasteiger charge is 2.06. The third-order valence-electron chi connectivity index (χ3n) is 3.09. The Labute approximate surface area is 126 Å². The maximum absolute atomic E-state index is 10.8. The van der Waals surface area contributed by atoms with Crippen molar-refractivity contribution in [3.63, 3.8) is 0 Å². The Morgan fingerprint density at radius 1 is 1.09 bits per heavy atom. The number of anilines is 2. The van der Waals surface area contributed by atoms with Crippen LogP contribution < -0.4 is 21.5 Å². The van der Waals surface area contributed by atoms with Crippen LogP contribution in [0.4, 0.5) is 16.2 Å². The molecule has 6 nitrogen and oxygen atoms in total. The van der Waals surface area contributed by atoms with Gasteiger partial charge in [0.2, 0.25) is 5.88 Å². The first-order valence-corrected chi connectivity index (χ1v) is 6.60. The number of hydrogen-bond acceptors (Lipinski definition) is 4. The number of aromatic nitrogens is 1. The molecule has 3 aromatic rings. The topological polar surface area (TPSA) is 103 Å². The number of benzene rings is 2. The summed E-state index contributed by atoms with van der Waals surface area (Å²) in [6.45, 7) is 0. The maximum Gasteiger partial charge on any atom is 0.316 e. The number of nitrogens with zero attached hydrogens (tertiary/aromatic N) is 1. The predicted octanol–water partition coefficient (Wildman–Crippen LogP) is 3.10. The van der Waals surface area contributed by atoms with E-state index < -0.39 is 6.03 Å². The molecule has 0 saturated heterocycles. The highest BCUT2D eigenvalue weighted by molar-refractivity contribution is 5.89. The molecular formula is C16H14N4O2. The molecule has 1 heterocycles. The van der Waals surface area contributed by atoms with Crippen LogP contribution in [-0.2, 0) is 0 Å². The first kappa shape index (κ1) is 13.7. The monoisotopic (exact) mass is 294 g/mol. The summed E-state index contributed by atoms with van der Waals surface area (Å²) in [6.07, 6.45) is 1.68. The molecule has 3 rings (SSSR count). The average Bonchev–Trinajstić information content (AvgIpc) is 2.49. The van der Waals surface area contributed by atoms with Crippen LogP contribution in [0.2, 0.25) is 0 Å². The number of pyridine rings is 1. The van der Waals surface area contributed by atoms with Gasteiger partial charge in [0.1, 0.15) is 5.75 Å². The van der Waals surface area contributed by atoms with E-state index in [-0.39, 0.29) is 0 Å². The van der Waals surface area contributed by atoms with Gasteiger partial charge in [0.25, 0.3) is 0 Å². The van der Waals surface area contributed by atoms with Crippen LogP contribution in [0, 0.1) is 0 Å². The van der Waals surface area contributed by atoms with Gasteiger partial charge in [-0.2, -0.15) is 0 Å². The molecule has 0 aliphatic carbocycles.